The van der Waals surface area contributed by atoms with Crippen LogP contribution in [0.1, 0.15) is 27.0 Å². The molecule has 1 aliphatic heterocycles. The highest BCUT2D eigenvalue weighted by molar-refractivity contribution is 7.89. The van der Waals surface area contributed by atoms with Crippen molar-refractivity contribution in [2.45, 2.75) is 25.3 Å². The topological polar surface area (TPSA) is 79.0 Å². The van der Waals surface area contributed by atoms with E-state index >= 15 is 0 Å². The number of amides is 1. The zero-order valence-corrected chi connectivity index (χ0v) is 18.8. The lowest BCUT2D eigenvalue weighted by Crippen LogP contribution is -2.38. The van der Waals surface area contributed by atoms with Crippen molar-refractivity contribution in [3.05, 3.63) is 58.7 Å². The number of hydrogen-bond acceptors (Lipinski definition) is 5. The second-order valence-electron chi connectivity index (χ2n) is 7.68. The summed E-state index contributed by atoms with van der Waals surface area (Å²) in [6, 6.07) is 10.8. The Morgan fingerprint density at radius 1 is 1.10 bits per heavy atom. The van der Waals surface area contributed by atoms with E-state index in [1.54, 1.807) is 12.1 Å². The molecule has 0 saturated carbocycles. The smallest absolute Gasteiger partial charge is 0.253 e. The van der Waals surface area contributed by atoms with Gasteiger partial charge in [-0.1, -0.05) is 23.8 Å². The van der Waals surface area contributed by atoms with Crippen molar-refractivity contribution < 1.29 is 17.9 Å². The monoisotopic (exact) mass is 431 g/mol. The lowest BCUT2D eigenvalue weighted by atomic mass is 10.1. The highest BCUT2D eigenvalue weighted by Crippen LogP contribution is 2.26. The quantitative estimate of drug-likeness (QED) is 0.759. The molecule has 1 amide bonds. The highest BCUT2D eigenvalue weighted by Gasteiger charge is 2.24. The Morgan fingerprint density at radius 2 is 1.80 bits per heavy atom. The number of carbonyl (C=O) groups is 1. The highest BCUT2D eigenvalue weighted by atomic mass is 32.2. The van der Waals surface area contributed by atoms with Crippen LogP contribution in [-0.4, -0.2) is 59.0 Å². The lowest BCUT2D eigenvalue weighted by molar-refractivity contribution is 0.0949. The molecule has 0 radical (unpaired) electrons. The molecule has 0 aromatic heterocycles. The Hall–Kier alpha value is -2.42. The van der Waals surface area contributed by atoms with Crippen molar-refractivity contribution in [1.82, 2.24) is 9.62 Å². The first kappa shape index (κ1) is 22.3. The predicted molar refractivity (Wildman–Crippen MR) is 117 cm³/mol. The number of ether oxygens (including phenoxy) is 1. The molecule has 3 rings (SSSR count). The van der Waals surface area contributed by atoms with E-state index in [-0.39, 0.29) is 10.8 Å². The van der Waals surface area contributed by atoms with Gasteiger partial charge in [-0.25, -0.2) is 12.7 Å². The van der Waals surface area contributed by atoms with E-state index in [0.717, 1.165) is 15.4 Å². The van der Waals surface area contributed by atoms with Crippen molar-refractivity contribution >= 4 is 21.6 Å². The third-order valence-corrected chi connectivity index (χ3v) is 7.09. The third kappa shape index (κ3) is 4.83. The molecule has 2 aromatic rings. The first-order valence-electron chi connectivity index (χ1n) is 9.94. The molecule has 7 nitrogen and oxygen atoms in total. The Morgan fingerprint density at radius 3 is 2.43 bits per heavy atom. The summed E-state index contributed by atoms with van der Waals surface area (Å²) < 4.78 is 31.8. The van der Waals surface area contributed by atoms with E-state index < -0.39 is 10.0 Å². The van der Waals surface area contributed by atoms with Crippen molar-refractivity contribution in [2.75, 3.05) is 45.3 Å². The van der Waals surface area contributed by atoms with Crippen molar-refractivity contribution in [1.29, 1.82) is 0 Å². The van der Waals surface area contributed by atoms with Crippen LogP contribution < -0.4 is 10.2 Å². The molecule has 0 unspecified atom stereocenters. The van der Waals surface area contributed by atoms with Crippen LogP contribution in [0.4, 0.5) is 5.69 Å². The maximum Gasteiger partial charge on any atom is 0.253 e. The largest absolute Gasteiger partial charge is 0.378 e. The van der Waals surface area contributed by atoms with Crippen LogP contribution in [0, 0.1) is 13.8 Å². The molecule has 8 heteroatoms. The van der Waals surface area contributed by atoms with Crippen LogP contribution in [0.2, 0.25) is 0 Å². The first-order chi connectivity index (χ1) is 14.2. The number of benzene rings is 2. The number of nitrogens with zero attached hydrogens (tertiary/aromatic N) is 2. The molecule has 1 N–H and O–H groups in total. The summed E-state index contributed by atoms with van der Waals surface area (Å²) in [6.07, 6.45) is 0. The first-order valence-corrected chi connectivity index (χ1v) is 11.4. The number of rotatable bonds is 6. The molecule has 1 aliphatic rings. The van der Waals surface area contributed by atoms with E-state index in [2.05, 4.69) is 16.3 Å². The van der Waals surface area contributed by atoms with Gasteiger partial charge in [0.2, 0.25) is 10.0 Å². The fraction of sp³-hybridized carbons (Fsp3) is 0.409. The number of aryl methyl sites for hydroxylation is 2. The van der Waals surface area contributed by atoms with Gasteiger partial charge < -0.3 is 15.0 Å². The third-order valence-electron chi connectivity index (χ3n) is 5.28. The minimum Gasteiger partial charge on any atom is -0.378 e. The maximum absolute atomic E-state index is 13.1. The molecule has 0 spiro atoms. The summed E-state index contributed by atoms with van der Waals surface area (Å²) in [5.74, 6) is -0.299. The number of anilines is 1. The van der Waals surface area contributed by atoms with Gasteiger partial charge >= 0.3 is 0 Å². The molecular weight excluding hydrogens is 402 g/mol. The summed E-state index contributed by atoms with van der Waals surface area (Å²) in [5, 5.41) is 2.96. The van der Waals surface area contributed by atoms with E-state index in [4.69, 9.17) is 4.74 Å². The number of morpholine rings is 1. The molecular formula is C22H29N3O4S. The van der Waals surface area contributed by atoms with Crippen LogP contribution in [0.15, 0.2) is 41.3 Å². The lowest BCUT2D eigenvalue weighted by Gasteiger charge is -2.30. The van der Waals surface area contributed by atoms with Gasteiger partial charge in [-0.3, -0.25) is 4.79 Å². The zero-order valence-electron chi connectivity index (χ0n) is 17.9. The molecule has 1 saturated heterocycles. The van der Waals surface area contributed by atoms with E-state index in [9.17, 15) is 13.2 Å². The average molecular weight is 432 g/mol. The number of hydrogen-bond donors (Lipinski definition) is 1. The zero-order chi connectivity index (χ0) is 21.9. The second kappa shape index (κ2) is 9.16. The molecule has 1 heterocycles. The van der Waals surface area contributed by atoms with Crippen LogP contribution in [0.25, 0.3) is 0 Å². The standard InChI is InChI=1S/C22H29N3O4S/c1-16-5-6-18(17(2)13-16)15-23-22(26)20-14-19(30(27,28)24(3)4)7-8-21(20)25-9-11-29-12-10-25/h5-8,13-14H,9-12,15H2,1-4H3,(H,23,26). The Labute approximate surface area is 178 Å². The Balaban J connectivity index is 1.93. The van der Waals surface area contributed by atoms with Crippen LogP contribution >= 0.6 is 0 Å². The summed E-state index contributed by atoms with van der Waals surface area (Å²) >= 11 is 0. The molecule has 0 aliphatic carbocycles. The van der Waals surface area contributed by atoms with Gasteiger partial charge in [0.05, 0.1) is 23.7 Å². The minimum atomic E-state index is -3.65. The van der Waals surface area contributed by atoms with Gasteiger partial charge in [-0.15, -0.1) is 0 Å². The van der Waals surface area contributed by atoms with E-state index in [0.29, 0.717) is 44.1 Å². The maximum atomic E-state index is 13.1. The SMILES string of the molecule is Cc1ccc(CNC(=O)c2cc(S(=O)(=O)N(C)C)ccc2N2CCOCC2)c(C)c1. The molecule has 162 valence electrons. The predicted octanol–water partition coefficient (Wildman–Crippen LogP) is 2.32. The van der Waals surface area contributed by atoms with Crippen LogP contribution in [0.3, 0.4) is 0 Å². The van der Waals surface area contributed by atoms with Gasteiger partial charge in [-0.05, 0) is 43.2 Å². The normalized spacial score (nSPS) is 14.8. The molecule has 1 fully saturated rings. The molecule has 2 aromatic carbocycles. The van der Waals surface area contributed by atoms with E-state index in [1.165, 1.54) is 25.7 Å². The molecule has 0 atom stereocenters. The molecule has 0 bridgehead atoms. The van der Waals surface area contributed by atoms with Crippen LogP contribution in [0.5, 0.6) is 0 Å². The van der Waals surface area contributed by atoms with Gasteiger partial charge in [-0.2, -0.15) is 0 Å². The van der Waals surface area contributed by atoms with Crippen molar-refractivity contribution in [3.8, 4) is 0 Å². The number of sulfonamides is 1. The van der Waals surface area contributed by atoms with Gasteiger partial charge in [0, 0.05) is 39.4 Å². The summed E-state index contributed by atoms with van der Waals surface area (Å²) in [4.78, 5) is 15.3. The van der Waals surface area contributed by atoms with Crippen molar-refractivity contribution in [3.63, 3.8) is 0 Å². The minimum absolute atomic E-state index is 0.0983. The van der Waals surface area contributed by atoms with E-state index in [1.807, 2.05) is 26.0 Å². The fourth-order valence-corrected chi connectivity index (χ4v) is 4.39. The number of carbonyl (C=O) groups excluding carboxylic acids is 1. The van der Waals surface area contributed by atoms with Crippen molar-refractivity contribution in [2.24, 2.45) is 0 Å². The Bertz CT molecular complexity index is 1030. The molecule has 30 heavy (non-hydrogen) atoms. The van der Waals surface area contributed by atoms with Crippen LogP contribution in [-0.2, 0) is 21.3 Å². The van der Waals surface area contributed by atoms with Gasteiger partial charge in [0.25, 0.3) is 5.91 Å². The number of nitrogens with one attached hydrogen (secondary N) is 1. The van der Waals surface area contributed by atoms with Gasteiger partial charge in [0.15, 0.2) is 0 Å². The van der Waals surface area contributed by atoms with Gasteiger partial charge in [0.1, 0.15) is 0 Å². The summed E-state index contributed by atoms with van der Waals surface area (Å²) in [5.41, 5.74) is 4.36. The summed E-state index contributed by atoms with van der Waals surface area (Å²) in [7, 11) is -0.694. The average Bonchev–Trinajstić information content (AvgIpc) is 2.73. The summed E-state index contributed by atoms with van der Waals surface area (Å²) in [6.45, 7) is 6.85. The fourth-order valence-electron chi connectivity index (χ4n) is 3.46. The second-order valence-corrected chi connectivity index (χ2v) is 9.83. The Kier molecular flexibility index (Phi) is 6.80.